The lowest BCUT2D eigenvalue weighted by atomic mass is 10.1. The number of aromatic hydroxyl groups is 1. The quantitative estimate of drug-likeness (QED) is 0.607. The number of aliphatic hydroxyl groups is 1. The molecule has 1 aromatic heterocycles. The molecule has 0 radical (unpaired) electrons. The number of phenolic OH excluding ortho intramolecular Hbond substituents is 1. The molecule has 152 valence electrons. The Balaban J connectivity index is 2.18. The van der Waals surface area contributed by atoms with Gasteiger partial charge in [0.2, 0.25) is 5.91 Å². The molecule has 0 saturated heterocycles. The maximum atomic E-state index is 14.7. The Bertz CT molecular complexity index is 1120. The molecule has 0 spiro atoms. The Morgan fingerprint density at radius 2 is 1.83 bits per heavy atom. The zero-order valence-corrected chi connectivity index (χ0v) is 15.3. The Labute approximate surface area is 163 Å². The van der Waals surface area contributed by atoms with Crippen LogP contribution >= 0.6 is 0 Å². The highest BCUT2D eigenvalue weighted by Gasteiger charge is 2.25. The predicted octanol–water partition coefficient (Wildman–Crippen LogP) is 2.41. The molecule has 29 heavy (non-hydrogen) atoms. The maximum Gasteiger partial charge on any atom is 0.262 e. The third kappa shape index (κ3) is 3.68. The van der Waals surface area contributed by atoms with Crippen LogP contribution in [0.25, 0.3) is 10.9 Å². The van der Waals surface area contributed by atoms with Crippen LogP contribution in [0, 0.1) is 24.4 Å². The molecule has 3 N–H and O–H groups in total. The molecule has 0 bridgehead atoms. The summed E-state index contributed by atoms with van der Waals surface area (Å²) in [6.45, 7) is 1.19. The Kier molecular flexibility index (Phi) is 5.60. The summed E-state index contributed by atoms with van der Waals surface area (Å²) in [7, 11) is 0. The standard InChI is InChI=1S/C20H17F3N2O4/c1-10-12(9-17(28)24-6-7-26)18-15(4-5-16(27)19(18)23)25(10)20(29)11-2-3-13(21)14(22)8-11/h2-5,8,26-27H,6-7,9H2,1H3,(H,24,28). The van der Waals surface area contributed by atoms with Crippen LogP contribution in [0.2, 0.25) is 0 Å². The SMILES string of the molecule is Cc1c(CC(=O)NCCO)c2c(F)c(O)ccc2n1C(=O)c1ccc(F)c(F)c1. The van der Waals surface area contributed by atoms with Crippen molar-refractivity contribution in [2.45, 2.75) is 13.3 Å². The third-order valence-corrected chi connectivity index (χ3v) is 4.56. The number of carbonyl (C=O) groups is 2. The predicted molar refractivity (Wildman–Crippen MR) is 98.2 cm³/mol. The van der Waals surface area contributed by atoms with Crippen LogP contribution in [0.3, 0.4) is 0 Å². The van der Waals surface area contributed by atoms with Gasteiger partial charge in [0.05, 0.1) is 18.5 Å². The summed E-state index contributed by atoms with van der Waals surface area (Å²) in [6, 6.07) is 4.98. The molecule has 9 heteroatoms. The van der Waals surface area contributed by atoms with Crippen LogP contribution in [0.4, 0.5) is 13.2 Å². The van der Waals surface area contributed by atoms with E-state index in [-0.39, 0.29) is 47.3 Å². The highest BCUT2D eigenvalue weighted by Crippen LogP contribution is 2.33. The lowest BCUT2D eigenvalue weighted by Gasteiger charge is -2.08. The molecule has 0 fully saturated rings. The second kappa shape index (κ2) is 7.96. The molecule has 3 aromatic rings. The van der Waals surface area contributed by atoms with E-state index in [9.17, 15) is 27.9 Å². The number of benzene rings is 2. The van der Waals surface area contributed by atoms with Gasteiger partial charge in [-0.1, -0.05) is 0 Å². The van der Waals surface area contributed by atoms with Crippen molar-refractivity contribution in [3.63, 3.8) is 0 Å². The molecule has 0 aliphatic rings. The minimum Gasteiger partial charge on any atom is -0.505 e. The van der Waals surface area contributed by atoms with Crippen LogP contribution in [-0.2, 0) is 11.2 Å². The second-order valence-corrected chi connectivity index (χ2v) is 6.38. The smallest absolute Gasteiger partial charge is 0.262 e. The summed E-state index contributed by atoms with van der Waals surface area (Å²) >= 11 is 0. The van der Waals surface area contributed by atoms with Gasteiger partial charge in [0.15, 0.2) is 23.2 Å². The van der Waals surface area contributed by atoms with E-state index in [1.165, 1.54) is 13.0 Å². The number of aliphatic hydroxyl groups excluding tert-OH is 1. The van der Waals surface area contributed by atoms with Crippen molar-refractivity contribution < 1.29 is 33.0 Å². The van der Waals surface area contributed by atoms with E-state index in [2.05, 4.69) is 5.32 Å². The molecule has 0 aliphatic heterocycles. The molecule has 1 heterocycles. The van der Waals surface area contributed by atoms with Gasteiger partial charge in [-0.15, -0.1) is 0 Å². The fourth-order valence-electron chi connectivity index (χ4n) is 3.18. The molecule has 3 rings (SSSR count). The number of nitrogens with zero attached hydrogens (tertiary/aromatic N) is 1. The van der Waals surface area contributed by atoms with E-state index in [1.54, 1.807) is 0 Å². The molecule has 1 amide bonds. The summed E-state index contributed by atoms with van der Waals surface area (Å²) < 4.78 is 42.6. The van der Waals surface area contributed by atoms with Crippen molar-refractivity contribution in [2.75, 3.05) is 13.2 Å². The first-order chi connectivity index (χ1) is 13.8. The van der Waals surface area contributed by atoms with Crippen molar-refractivity contribution in [1.82, 2.24) is 9.88 Å². The van der Waals surface area contributed by atoms with E-state index < -0.39 is 35.0 Å². The van der Waals surface area contributed by atoms with Gasteiger partial charge in [0.25, 0.3) is 5.91 Å². The van der Waals surface area contributed by atoms with Gasteiger partial charge < -0.3 is 15.5 Å². The maximum absolute atomic E-state index is 14.7. The number of halogens is 3. The van der Waals surface area contributed by atoms with Crippen molar-refractivity contribution in [3.05, 3.63) is 64.6 Å². The third-order valence-electron chi connectivity index (χ3n) is 4.56. The average molecular weight is 406 g/mol. The Morgan fingerprint density at radius 1 is 1.10 bits per heavy atom. The van der Waals surface area contributed by atoms with Gasteiger partial charge in [-0.2, -0.15) is 0 Å². The molecule has 0 aliphatic carbocycles. The monoisotopic (exact) mass is 406 g/mol. The zero-order valence-electron chi connectivity index (χ0n) is 15.3. The first-order valence-corrected chi connectivity index (χ1v) is 8.65. The van der Waals surface area contributed by atoms with E-state index in [0.29, 0.717) is 0 Å². The molecule has 2 aromatic carbocycles. The number of fused-ring (bicyclic) bond motifs is 1. The van der Waals surface area contributed by atoms with Gasteiger partial charge in [-0.3, -0.25) is 14.2 Å². The number of phenols is 1. The minimum atomic E-state index is -1.21. The van der Waals surface area contributed by atoms with Crippen molar-refractivity contribution in [3.8, 4) is 5.75 Å². The van der Waals surface area contributed by atoms with Crippen LogP contribution in [0.5, 0.6) is 5.75 Å². The van der Waals surface area contributed by atoms with Crippen molar-refractivity contribution >= 4 is 22.7 Å². The van der Waals surface area contributed by atoms with Gasteiger partial charge in [0, 0.05) is 23.2 Å². The largest absolute Gasteiger partial charge is 0.505 e. The number of hydrogen-bond acceptors (Lipinski definition) is 4. The highest BCUT2D eigenvalue weighted by molar-refractivity contribution is 6.05. The summed E-state index contributed by atoms with van der Waals surface area (Å²) in [5, 5.41) is 20.9. The molecular weight excluding hydrogens is 389 g/mol. The molecule has 0 atom stereocenters. The number of nitrogens with one attached hydrogen (secondary N) is 1. The average Bonchev–Trinajstić information content (AvgIpc) is 2.96. The first-order valence-electron chi connectivity index (χ1n) is 8.65. The van der Waals surface area contributed by atoms with Gasteiger partial charge in [-0.25, -0.2) is 13.2 Å². The normalized spacial score (nSPS) is 11.1. The number of rotatable bonds is 5. The van der Waals surface area contributed by atoms with Crippen LogP contribution in [0.1, 0.15) is 21.6 Å². The summed E-state index contributed by atoms with van der Waals surface area (Å²) in [5.74, 6) is -5.27. The lowest BCUT2D eigenvalue weighted by Crippen LogP contribution is -2.28. The van der Waals surface area contributed by atoms with Crippen molar-refractivity contribution in [2.24, 2.45) is 0 Å². The molecule has 0 saturated carbocycles. The van der Waals surface area contributed by atoms with Crippen LogP contribution in [-0.4, -0.2) is 39.7 Å². The Hall–Kier alpha value is -3.33. The van der Waals surface area contributed by atoms with E-state index in [4.69, 9.17) is 5.11 Å². The topological polar surface area (TPSA) is 91.6 Å². The Morgan fingerprint density at radius 3 is 2.48 bits per heavy atom. The van der Waals surface area contributed by atoms with Gasteiger partial charge in [0.1, 0.15) is 0 Å². The van der Waals surface area contributed by atoms with Gasteiger partial charge >= 0.3 is 0 Å². The molecular formula is C20H17F3N2O4. The van der Waals surface area contributed by atoms with Crippen LogP contribution in [0.15, 0.2) is 30.3 Å². The lowest BCUT2D eigenvalue weighted by molar-refractivity contribution is -0.120. The summed E-state index contributed by atoms with van der Waals surface area (Å²) in [4.78, 5) is 25.1. The van der Waals surface area contributed by atoms with Gasteiger partial charge in [-0.05, 0) is 42.8 Å². The van der Waals surface area contributed by atoms with E-state index in [0.717, 1.165) is 28.8 Å². The first kappa shape index (κ1) is 20.4. The van der Waals surface area contributed by atoms with Crippen molar-refractivity contribution in [1.29, 1.82) is 0 Å². The van der Waals surface area contributed by atoms with E-state index >= 15 is 0 Å². The second-order valence-electron chi connectivity index (χ2n) is 6.38. The zero-order chi connectivity index (χ0) is 21.3. The highest BCUT2D eigenvalue weighted by atomic mass is 19.2. The fourth-order valence-corrected chi connectivity index (χ4v) is 3.18. The summed E-state index contributed by atoms with van der Waals surface area (Å²) in [6.07, 6.45) is -0.319. The minimum absolute atomic E-state index is 0.00194. The van der Waals surface area contributed by atoms with E-state index in [1.807, 2.05) is 0 Å². The van der Waals surface area contributed by atoms with Crippen LogP contribution < -0.4 is 5.32 Å². The number of hydrogen-bond donors (Lipinski definition) is 3. The summed E-state index contributed by atoms with van der Waals surface area (Å²) in [5.41, 5.74) is 0.254. The number of carbonyl (C=O) groups excluding carboxylic acids is 2. The number of aromatic nitrogens is 1. The molecule has 0 unspecified atom stereocenters. The molecule has 6 nitrogen and oxygen atoms in total. The fraction of sp³-hybridized carbons (Fsp3) is 0.200. The number of amides is 1.